The van der Waals surface area contributed by atoms with E-state index in [2.05, 4.69) is 10.6 Å². The van der Waals surface area contributed by atoms with Crippen LogP contribution in [0.4, 0.5) is 5.69 Å². The highest BCUT2D eigenvalue weighted by molar-refractivity contribution is 6.35. The van der Waals surface area contributed by atoms with Crippen molar-refractivity contribution in [2.45, 2.75) is 12.5 Å². The van der Waals surface area contributed by atoms with Crippen molar-refractivity contribution in [2.75, 3.05) is 5.32 Å². The fraction of sp³-hybridized carbons (Fsp3) is 0.0909. The fourth-order valence-corrected chi connectivity index (χ4v) is 3.36. The molecule has 0 heterocycles. The minimum absolute atomic E-state index is 0.00302. The van der Waals surface area contributed by atoms with Crippen molar-refractivity contribution in [3.05, 3.63) is 99.0 Å². The van der Waals surface area contributed by atoms with Gasteiger partial charge in [0.05, 0.1) is 33.8 Å². The first kappa shape index (κ1) is 21.2. The lowest BCUT2D eigenvalue weighted by Gasteiger charge is -2.20. The molecular formula is C22H17Cl3N2O2. The normalized spacial score (nSPS) is 11.6. The second kappa shape index (κ2) is 9.79. The molecule has 29 heavy (non-hydrogen) atoms. The van der Waals surface area contributed by atoms with E-state index >= 15 is 0 Å². The van der Waals surface area contributed by atoms with Gasteiger partial charge in [-0.3, -0.25) is 9.59 Å². The summed E-state index contributed by atoms with van der Waals surface area (Å²) in [5.41, 5.74) is 1.54. The van der Waals surface area contributed by atoms with Gasteiger partial charge < -0.3 is 10.6 Å². The molecule has 1 atom stereocenters. The van der Waals surface area contributed by atoms with Crippen LogP contribution in [-0.2, 0) is 4.79 Å². The summed E-state index contributed by atoms with van der Waals surface area (Å²) in [4.78, 5) is 25.4. The molecule has 0 saturated heterocycles. The van der Waals surface area contributed by atoms with Crippen LogP contribution in [0.25, 0.3) is 0 Å². The number of anilines is 1. The lowest BCUT2D eigenvalue weighted by molar-refractivity contribution is -0.116. The van der Waals surface area contributed by atoms with Gasteiger partial charge in [-0.05, 0) is 35.9 Å². The highest BCUT2D eigenvalue weighted by Crippen LogP contribution is 2.27. The molecule has 0 fully saturated rings. The molecule has 148 valence electrons. The van der Waals surface area contributed by atoms with Crippen LogP contribution in [0.1, 0.15) is 28.4 Å². The molecule has 0 aliphatic carbocycles. The molecule has 0 radical (unpaired) electrons. The molecular weight excluding hydrogens is 431 g/mol. The summed E-state index contributed by atoms with van der Waals surface area (Å²) in [6.07, 6.45) is 0.00302. The molecule has 0 saturated carbocycles. The zero-order valence-corrected chi connectivity index (χ0v) is 17.4. The monoisotopic (exact) mass is 446 g/mol. The Bertz CT molecular complexity index is 1030. The average molecular weight is 448 g/mol. The van der Waals surface area contributed by atoms with Crippen LogP contribution >= 0.6 is 34.8 Å². The van der Waals surface area contributed by atoms with Gasteiger partial charge in [0.25, 0.3) is 5.91 Å². The predicted octanol–water partition coefficient (Wildman–Crippen LogP) is 6.15. The molecule has 2 N–H and O–H groups in total. The number of rotatable bonds is 6. The van der Waals surface area contributed by atoms with E-state index in [1.807, 2.05) is 30.3 Å². The summed E-state index contributed by atoms with van der Waals surface area (Å²) in [6, 6.07) is 20.2. The number of nitrogens with one attached hydrogen (secondary N) is 2. The maximum absolute atomic E-state index is 12.7. The van der Waals surface area contributed by atoms with Gasteiger partial charge in [-0.25, -0.2) is 0 Å². The molecule has 7 heteroatoms. The predicted molar refractivity (Wildman–Crippen MR) is 118 cm³/mol. The topological polar surface area (TPSA) is 58.2 Å². The van der Waals surface area contributed by atoms with Gasteiger partial charge in [-0.1, -0.05) is 77.3 Å². The van der Waals surface area contributed by atoms with Gasteiger partial charge in [0.15, 0.2) is 0 Å². The highest BCUT2D eigenvalue weighted by atomic mass is 35.5. The van der Waals surface area contributed by atoms with Crippen molar-refractivity contribution in [3.8, 4) is 0 Å². The third-order valence-electron chi connectivity index (χ3n) is 4.22. The Kier molecular flexibility index (Phi) is 7.15. The minimum atomic E-state index is -0.557. The van der Waals surface area contributed by atoms with Gasteiger partial charge in [-0.15, -0.1) is 0 Å². The summed E-state index contributed by atoms with van der Waals surface area (Å²) in [7, 11) is 0. The van der Waals surface area contributed by atoms with E-state index in [0.29, 0.717) is 26.3 Å². The van der Waals surface area contributed by atoms with Gasteiger partial charge in [0, 0.05) is 5.02 Å². The van der Waals surface area contributed by atoms with Crippen LogP contribution in [-0.4, -0.2) is 11.8 Å². The molecule has 0 spiro atoms. The van der Waals surface area contributed by atoms with Crippen molar-refractivity contribution in [1.82, 2.24) is 5.32 Å². The maximum Gasteiger partial charge on any atom is 0.253 e. The second-order valence-corrected chi connectivity index (χ2v) is 7.54. The lowest BCUT2D eigenvalue weighted by Crippen LogP contribution is -2.31. The second-order valence-electron chi connectivity index (χ2n) is 6.29. The first-order valence-corrected chi connectivity index (χ1v) is 9.92. The molecule has 0 aromatic heterocycles. The summed E-state index contributed by atoms with van der Waals surface area (Å²) in [5, 5.41) is 6.80. The van der Waals surface area contributed by atoms with Gasteiger partial charge in [-0.2, -0.15) is 0 Å². The average Bonchev–Trinajstić information content (AvgIpc) is 2.71. The Morgan fingerprint density at radius 2 is 1.52 bits per heavy atom. The molecule has 2 amide bonds. The minimum Gasteiger partial charge on any atom is -0.345 e. The number of benzene rings is 3. The fourth-order valence-electron chi connectivity index (χ4n) is 2.80. The zero-order chi connectivity index (χ0) is 20.8. The molecule has 4 nitrogen and oxygen atoms in total. The summed E-state index contributed by atoms with van der Waals surface area (Å²) in [6.45, 7) is 0. The van der Waals surface area contributed by atoms with Crippen LogP contribution in [0.3, 0.4) is 0 Å². The molecule has 1 unspecified atom stereocenters. The largest absolute Gasteiger partial charge is 0.345 e. The Labute approximate surface area is 183 Å². The Morgan fingerprint density at radius 3 is 2.24 bits per heavy atom. The number of hydrogen-bond acceptors (Lipinski definition) is 2. The Balaban J connectivity index is 1.79. The molecule has 3 aromatic rings. The van der Waals surface area contributed by atoms with Crippen molar-refractivity contribution in [2.24, 2.45) is 0 Å². The van der Waals surface area contributed by atoms with Crippen molar-refractivity contribution < 1.29 is 9.59 Å². The quantitative estimate of drug-likeness (QED) is 0.476. The van der Waals surface area contributed by atoms with E-state index in [1.54, 1.807) is 42.5 Å². The van der Waals surface area contributed by atoms with E-state index in [0.717, 1.165) is 5.56 Å². The highest BCUT2D eigenvalue weighted by Gasteiger charge is 2.21. The SMILES string of the molecule is O=C(CC(NC(=O)c1ccccc1Cl)c1ccccc1)Nc1cc(Cl)ccc1Cl. The smallest absolute Gasteiger partial charge is 0.253 e. The van der Waals surface area contributed by atoms with E-state index in [4.69, 9.17) is 34.8 Å². The van der Waals surface area contributed by atoms with Gasteiger partial charge >= 0.3 is 0 Å². The third-order valence-corrected chi connectivity index (χ3v) is 5.11. The number of carbonyl (C=O) groups is 2. The third kappa shape index (κ3) is 5.73. The van der Waals surface area contributed by atoms with Crippen LogP contribution in [0.5, 0.6) is 0 Å². The summed E-state index contributed by atoms with van der Waals surface area (Å²) < 4.78 is 0. The lowest BCUT2D eigenvalue weighted by atomic mass is 10.0. The number of halogens is 3. The first-order valence-electron chi connectivity index (χ1n) is 8.79. The van der Waals surface area contributed by atoms with Crippen molar-refractivity contribution in [3.63, 3.8) is 0 Å². The van der Waals surface area contributed by atoms with Gasteiger partial charge in [0.1, 0.15) is 0 Å². The van der Waals surface area contributed by atoms with Crippen LogP contribution in [0, 0.1) is 0 Å². The molecule has 3 rings (SSSR count). The summed E-state index contributed by atoms with van der Waals surface area (Å²) >= 11 is 18.2. The molecule has 0 aliphatic heterocycles. The van der Waals surface area contributed by atoms with Crippen molar-refractivity contribution >= 4 is 52.3 Å². The van der Waals surface area contributed by atoms with E-state index < -0.39 is 6.04 Å². The van der Waals surface area contributed by atoms with Crippen LogP contribution in [0.2, 0.25) is 15.1 Å². The Hall–Kier alpha value is -2.53. The number of amides is 2. The zero-order valence-electron chi connectivity index (χ0n) is 15.2. The standard InChI is InChI=1S/C22H17Cl3N2O2/c23-15-10-11-18(25)20(12-15)26-21(28)13-19(14-6-2-1-3-7-14)27-22(29)16-8-4-5-9-17(16)24/h1-12,19H,13H2,(H,26,28)(H,27,29). The summed E-state index contributed by atoms with van der Waals surface area (Å²) in [5.74, 6) is -0.680. The molecule has 0 aliphatic rings. The van der Waals surface area contributed by atoms with Crippen molar-refractivity contribution in [1.29, 1.82) is 0 Å². The molecule has 0 bridgehead atoms. The number of hydrogen-bond donors (Lipinski definition) is 2. The van der Waals surface area contributed by atoms with E-state index in [-0.39, 0.29) is 18.2 Å². The van der Waals surface area contributed by atoms with Crippen LogP contribution < -0.4 is 10.6 Å². The number of carbonyl (C=O) groups excluding carboxylic acids is 2. The Morgan fingerprint density at radius 1 is 0.828 bits per heavy atom. The van der Waals surface area contributed by atoms with Gasteiger partial charge in [0.2, 0.25) is 5.91 Å². The molecule has 3 aromatic carbocycles. The van der Waals surface area contributed by atoms with E-state index in [9.17, 15) is 9.59 Å². The first-order chi connectivity index (χ1) is 13.9. The van der Waals surface area contributed by atoms with Crippen LogP contribution in [0.15, 0.2) is 72.8 Å². The van der Waals surface area contributed by atoms with E-state index in [1.165, 1.54) is 0 Å². The maximum atomic E-state index is 12.7.